The highest BCUT2D eigenvalue weighted by molar-refractivity contribution is 7.90. The van der Waals surface area contributed by atoms with E-state index in [2.05, 4.69) is 34.3 Å². The van der Waals surface area contributed by atoms with Crippen molar-refractivity contribution >= 4 is 16.8 Å². The van der Waals surface area contributed by atoms with Gasteiger partial charge >= 0.3 is 0 Å². The fourth-order valence-corrected chi connectivity index (χ4v) is 4.94. The second-order valence-electron chi connectivity index (χ2n) is 8.69. The number of fused-ring (bicyclic) bond motifs is 1. The first-order valence-electron chi connectivity index (χ1n) is 11.4. The molecule has 2 aromatic heterocycles. The number of hydrogen-bond acceptors (Lipinski definition) is 5. The van der Waals surface area contributed by atoms with Crippen molar-refractivity contribution in [1.82, 2.24) is 19.5 Å². The van der Waals surface area contributed by atoms with Gasteiger partial charge in [0.1, 0.15) is 6.26 Å². The Hall–Kier alpha value is -2.71. The summed E-state index contributed by atoms with van der Waals surface area (Å²) in [6.07, 6.45) is 10.2. The van der Waals surface area contributed by atoms with Crippen LogP contribution in [0.25, 0.3) is 27.9 Å². The lowest BCUT2D eigenvalue weighted by molar-refractivity contribution is 0.0832. The van der Waals surface area contributed by atoms with E-state index in [-0.39, 0.29) is 6.10 Å². The standard InChI is InChI=1S/C26H29N4O2S/c1-33(32)24-4-2-3-21(15-24)25-17-28-30-18-22(16-27-26(25)30)20-7-5-19(6-8-20)9-12-29-13-10-23(31)11-14-29/h2-8,15-18,23,31-32H,9-14H2,1H3/q+1. The zero-order chi connectivity index (χ0) is 22.8. The zero-order valence-corrected chi connectivity index (χ0v) is 19.6. The average Bonchev–Trinajstić information content (AvgIpc) is 3.27. The first kappa shape index (κ1) is 22.1. The minimum absolute atomic E-state index is 0.118. The first-order chi connectivity index (χ1) is 16.1. The van der Waals surface area contributed by atoms with Crippen molar-refractivity contribution in [3.63, 3.8) is 0 Å². The maximum absolute atomic E-state index is 9.93. The molecule has 0 amide bonds. The number of hydrogen-bond donors (Lipinski definition) is 2. The molecule has 3 heterocycles. The number of nitrogens with zero attached hydrogens (tertiary/aromatic N) is 4. The van der Waals surface area contributed by atoms with Gasteiger partial charge in [-0.25, -0.2) is 9.50 Å². The molecule has 1 aliphatic rings. The predicted octanol–water partition coefficient (Wildman–Crippen LogP) is 4.14. The highest BCUT2D eigenvalue weighted by Crippen LogP contribution is 2.27. The van der Waals surface area contributed by atoms with E-state index in [1.54, 1.807) is 6.26 Å². The Morgan fingerprint density at radius 2 is 1.79 bits per heavy atom. The molecular weight excluding hydrogens is 432 g/mol. The van der Waals surface area contributed by atoms with Gasteiger partial charge in [-0.05, 0) is 42.0 Å². The van der Waals surface area contributed by atoms with Gasteiger partial charge in [-0.1, -0.05) is 36.4 Å². The molecule has 6 nitrogen and oxygen atoms in total. The van der Waals surface area contributed by atoms with E-state index in [0.29, 0.717) is 0 Å². The van der Waals surface area contributed by atoms with E-state index in [1.165, 1.54) is 5.56 Å². The maximum Gasteiger partial charge on any atom is 0.190 e. The molecule has 1 atom stereocenters. The lowest BCUT2D eigenvalue weighted by Gasteiger charge is -2.29. The number of aliphatic hydroxyl groups excluding tert-OH is 1. The SMILES string of the molecule is C[S+](O)c1cccc(-c2cnn3cc(-c4ccc(CCN5CCC(O)CC5)cc4)cnc23)c1. The molecule has 2 N–H and O–H groups in total. The number of benzene rings is 2. The topological polar surface area (TPSA) is 73.9 Å². The molecule has 33 heavy (non-hydrogen) atoms. The van der Waals surface area contributed by atoms with Crippen LogP contribution in [0.3, 0.4) is 0 Å². The fraction of sp³-hybridized carbons (Fsp3) is 0.308. The third-order valence-corrected chi connectivity index (χ3v) is 7.34. The molecule has 0 saturated carbocycles. The van der Waals surface area contributed by atoms with Crippen LogP contribution in [0.1, 0.15) is 18.4 Å². The molecule has 4 aromatic rings. The molecule has 5 rings (SSSR count). The molecular formula is C26H29N4O2S+. The number of likely N-dealkylation sites (tertiary alicyclic amines) is 1. The first-order valence-corrected chi connectivity index (χ1v) is 12.9. The summed E-state index contributed by atoms with van der Waals surface area (Å²) in [6.45, 7) is 3.01. The summed E-state index contributed by atoms with van der Waals surface area (Å²) in [6, 6.07) is 16.6. The van der Waals surface area contributed by atoms with Gasteiger partial charge in [-0.15, -0.1) is 0 Å². The van der Waals surface area contributed by atoms with Crippen LogP contribution in [0.2, 0.25) is 0 Å². The van der Waals surface area contributed by atoms with Gasteiger partial charge in [-0.3, -0.25) is 0 Å². The average molecular weight is 462 g/mol. The number of aromatic nitrogens is 3. The van der Waals surface area contributed by atoms with Gasteiger partial charge in [-0.2, -0.15) is 9.65 Å². The summed E-state index contributed by atoms with van der Waals surface area (Å²) in [5, 5.41) is 14.2. The van der Waals surface area contributed by atoms with Gasteiger partial charge in [0.05, 0.1) is 12.3 Å². The Bertz CT molecular complexity index is 1230. The summed E-state index contributed by atoms with van der Waals surface area (Å²) in [4.78, 5) is 8.05. The van der Waals surface area contributed by atoms with Crippen molar-refractivity contribution in [2.75, 3.05) is 25.9 Å². The second-order valence-corrected chi connectivity index (χ2v) is 10.1. The molecule has 1 aliphatic heterocycles. The van der Waals surface area contributed by atoms with Crippen LogP contribution in [-0.2, 0) is 17.6 Å². The Kier molecular flexibility index (Phi) is 6.46. The Balaban J connectivity index is 1.31. The third kappa shape index (κ3) is 4.96. The molecule has 0 spiro atoms. The number of piperidine rings is 1. The minimum Gasteiger partial charge on any atom is -0.393 e. The largest absolute Gasteiger partial charge is 0.393 e. The Morgan fingerprint density at radius 3 is 2.55 bits per heavy atom. The van der Waals surface area contributed by atoms with Gasteiger partial charge in [0.2, 0.25) is 0 Å². The van der Waals surface area contributed by atoms with Crippen LogP contribution < -0.4 is 0 Å². The van der Waals surface area contributed by atoms with E-state index in [1.807, 2.05) is 47.4 Å². The normalized spacial score (nSPS) is 16.3. The van der Waals surface area contributed by atoms with Crippen LogP contribution in [0.4, 0.5) is 0 Å². The van der Waals surface area contributed by atoms with Crippen molar-refractivity contribution in [1.29, 1.82) is 0 Å². The monoisotopic (exact) mass is 461 g/mol. The zero-order valence-electron chi connectivity index (χ0n) is 18.8. The molecule has 0 aliphatic carbocycles. The molecule has 7 heteroatoms. The van der Waals surface area contributed by atoms with E-state index >= 15 is 0 Å². The summed E-state index contributed by atoms with van der Waals surface area (Å²) in [5.41, 5.74) is 6.21. The van der Waals surface area contributed by atoms with Gasteiger partial charge in [0.15, 0.2) is 21.7 Å². The summed E-state index contributed by atoms with van der Waals surface area (Å²) >= 11 is -0.780. The lowest BCUT2D eigenvalue weighted by atomic mass is 10.0. The summed E-state index contributed by atoms with van der Waals surface area (Å²) in [5.74, 6) is 0. The van der Waals surface area contributed by atoms with E-state index in [9.17, 15) is 9.66 Å². The second kappa shape index (κ2) is 9.65. The van der Waals surface area contributed by atoms with Gasteiger partial charge in [0.25, 0.3) is 0 Å². The van der Waals surface area contributed by atoms with E-state index in [0.717, 1.165) is 71.7 Å². The minimum atomic E-state index is -0.780. The van der Waals surface area contributed by atoms with Gasteiger partial charge in [0, 0.05) is 49.2 Å². The van der Waals surface area contributed by atoms with Crippen molar-refractivity contribution in [3.8, 4) is 22.3 Å². The van der Waals surface area contributed by atoms with E-state index < -0.39 is 11.2 Å². The van der Waals surface area contributed by atoms with Crippen LogP contribution in [0.15, 0.2) is 72.0 Å². The Labute approximate surface area is 197 Å². The highest BCUT2D eigenvalue weighted by Gasteiger charge is 2.17. The molecule has 1 unspecified atom stereocenters. The quantitative estimate of drug-likeness (QED) is 0.422. The van der Waals surface area contributed by atoms with Crippen molar-refractivity contribution < 1.29 is 9.66 Å². The van der Waals surface area contributed by atoms with Crippen LogP contribution in [0.5, 0.6) is 0 Å². The molecule has 0 radical (unpaired) electrons. The van der Waals surface area contributed by atoms with Crippen LogP contribution >= 0.6 is 0 Å². The molecule has 1 saturated heterocycles. The molecule has 0 bridgehead atoms. The molecule has 170 valence electrons. The third-order valence-electron chi connectivity index (χ3n) is 6.40. The Morgan fingerprint density at radius 1 is 1.00 bits per heavy atom. The number of aliphatic hydroxyl groups is 1. The number of rotatable bonds is 6. The maximum atomic E-state index is 9.93. The van der Waals surface area contributed by atoms with Crippen molar-refractivity contribution in [2.45, 2.75) is 30.3 Å². The smallest absolute Gasteiger partial charge is 0.190 e. The molecule has 1 fully saturated rings. The predicted molar refractivity (Wildman–Crippen MR) is 133 cm³/mol. The summed E-state index contributed by atoms with van der Waals surface area (Å²) < 4.78 is 11.8. The van der Waals surface area contributed by atoms with Crippen molar-refractivity contribution in [3.05, 3.63) is 72.7 Å². The van der Waals surface area contributed by atoms with Crippen molar-refractivity contribution in [2.24, 2.45) is 0 Å². The summed E-state index contributed by atoms with van der Waals surface area (Å²) in [7, 11) is 0. The van der Waals surface area contributed by atoms with E-state index in [4.69, 9.17) is 4.98 Å². The van der Waals surface area contributed by atoms with Gasteiger partial charge < -0.3 is 10.0 Å². The molecule has 2 aromatic carbocycles. The van der Waals surface area contributed by atoms with Crippen LogP contribution in [0, 0.1) is 0 Å². The van der Waals surface area contributed by atoms with Crippen LogP contribution in [-0.4, -0.2) is 61.2 Å². The highest BCUT2D eigenvalue weighted by atomic mass is 32.2. The lowest BCUT2D eigenvalue weighted by Crippen LogP contribution is -2.37. The fourth-order valence-electron chi connectivity index (χ4n) is 4.37.